The lowest BCUT2D eigenvalue weighted by Crippen LogP contribution is -2.48. The van der Waals surface area contributed by atoms with Gasteiger partial charge in [0.1, 0.15) is 5.82 Å². The van der Waals surface area contributed by atoms with E-state index in [1.165, 1.54) is 5.56 Å². The summed E-state index contributed by atoms with van der Waals surface area (Å²) in [4.78, 5) is 11.2. The van der Waals surface area contributed by atoms with Crippen LogP contribution < -0.4 is 10.6 Å². The minimum atomic E-state index is 0.506. The van der Waals surface area contributed by atoms with E-state index in [0.29, 0.717) is 6.04 Å². The Bertz CT molecular complexity index is 716. The zero-order valence-electron chi connectivity index (χ0n) is 17.3. The molecule has 0 amide bonds. The molecule has 2 N–H and O–H groups in total. The van der Waals surface area contributed by atoms with Crippen molar-refractivity contribution < 1.29 is 0 Å². The Morgan fingerprint density at radius 2 is 1.96 bits per heavy atom. The third-order valence-corrected chi connectivity index (χ3v) is 5.44. The van der Waals surface area contributed by atoms with Gasteiger partial charge in [-0.15, -0.1) is 0 Å². The zero-order valence-corrected chi connectivity index (χ0v) is 17.3. The van der Waals surface area contributed by atoms with Crippen LogP contribution in [0.25, 0.3) is 0 Å². The van der Waals surface area contributed by atoms with Crippen LogP contribution in [0.2, 0.25) is 0 Å². The second-order valence-electron chi connectivity index (χ2n) is 7.55. The molecule has 0 atom stereocenters. The van der Waals surface area contributed by atoms with Crippen LogP contribution in [0.3, 0.4) is 0 Å². The molecule has 1 saturated heterocycles. The SMILES string of the molecule is CN=C(NCCCCn1ccnc1C)NC1CCN(Cc2ccccc2)CC1. The summed E-state index contributed by atoms with van der Waals surface area (Å²) in [6.45, 7) is 7.34. The summed E-state index contributed by atoms with van der Waals surface area (Å²) in [5.41, 5.74) is 1.40. The normalized spacial score (nSPS) is 16.3. The lowest BCUT2D eigenvalue weighted by Gasteiger charge is -2.33. The van der Waals surface area contributed by atoms with E-state index in [-0.39, 0.29) is 0 Å². The Morgan fingerprint density at radius 3 is 2.64 bits per heavy atom. The molecule has 0 saturated carbocycles. The Kier molecular flexibility index (Phi) is 7.91. The summed E-state index contributed by atoms with van der Waals surface area (Å²) < 4.78 is 2.20. The maximum absolute atomic E-state index is 4.40. The number of nitrogens with zero attached hydrogens (tertiary/aromatic N) is 4. The maximum Gasteiger partial charge on any atom is 0.191 e. The molecule has 2 heterocycles. The summed E-state index contributed by atoms with van der Waals surface area (Å²) >= 11 is 0. The molecule has 0 spiro atoms. The first kappa shape index (κ1) is 20.4. The van der Waals surface area contributed by atoms with Gasteiger partial charge in [-0.3, -0.25) is 9.89 Å². The average molecular weight is 383 g/mol. The molecule has 3 rings (SSSR count). The van der Waals surface area contributed by atoms with Crippen molar-refractivity contribution in [2.24, 2.45) is 4.99 Å². The maximum atomic E-state index is 4.40. The summed E-state index contributed by atoms with van der Waals surface area (Å²) in [6.07, 6.45) is 8.49. The summed E-state index contributed by atoms with van der Waals surface area (Å²) in [6, 6.07) is 11.3. The largest absolute Gasteiger partial charge is 0.356 e. The van der Waals surface area contributed by atoms with Gasteiger partial charge in [-0.05, 0) is 38.2 Å². The van der Waals surface area contributed by atoms with Crippen molar-refractivity contribution >= 4 is 5.96 Å². The number of aliphatic imine (C=N–C) groups is 1. The minimum Gasteiger partial charge on any atom is -0.356 e. The molecule has 6 heteroatoms. The Labute approximate surface area is 169 Å². The second kappa shape index (κ2) is 10.9. The summed E-state index contributed by atoms with van der Waals surface area (Å²) in [5, 5.41) is 7.06. The first-order chi connectivity index (χ1) is 13.7. The molecular formula is C22H34N6. The predicted octanol–water partition coefficient (Wildman–Crippen LogP) is 2.80. The molecule has 0 radical (unpaired) electrons. The molecule has 152 valence electrons. The zero-order chi connectivity index (χ0) is 19.6. The number of unbranched alkanes of at least 4 members (excludes halogenated alkanes) is 1. The van der Waals surface area contributed by atoms with Gasteiger partial charge in [-0.25, -0.2) is 4.98 Å². The number of guanidine groups is 1. The molecule has 1 aromatic carbocycles. The smallest absolute Gasteiger partial charge is 0.191 e. The van der Waals surface area contributed by atoms with Gasteiger partial charge in [-0.2, -0.15) is 0 Å². The Balaban J connectivity index is 1.30. The molecule has 6 nitrogen and oxygen atoms in total. The van der Waals surface area contributed by atoms with E-state index in [2.05, 4.69) is 67.3 Å². The number of rotatable bonds is 8. The molecule has 1 aromatic heterocycles. The van der Waals surface area contributed by atoms with Crippen LogP contribution in [0.15, 0.2) is 47.7 Å². The van der Waals surface area contributed by atoms with Gasteiger partial charge in [0.15, 0.2) is 5.96 Å². The highest BCUT2D eigenvalue weighted by Crippen LogP contribution is 2.13. The van der Waals surface area contributed by atoms with Gasteiger partial charge in [0, 0.05) is 58.2 Å². The third-order valence-electron chi connectivity index (χ3n) is 5.44. The molecule has 1 fully saturated rings. The van der Waals surface area contributed by atoms with E-state index < -0.39 is 0 Å². The van der Waals surface area contributed by atoms with Crippen LogP contribution in [0.5, 0.6) is 0 Å². The predicted molar refractivity (Wildman–Crippen MR) is 115 cm³/mol. The second-order valence-corrected chi connectivity index (χ2v) is 7.55. The number of piperidine rings is 1. The van der Waals surface area contributed by atoms with E-state index in [9.17, 15) is 0 Å². The molecule has 1 aliphatic rings. The summed E-state index contributed by atoms with van der Waals surface area (Å²) in [5.74, 6) is 2.02. The number of likely N-dealkylation sites (tertiary alicyclic amines) is 1. The number of hydrogen-bond acceptors (Lipinski definition) is 3. The lowest BCUT2D eigenvalue weighted by molar-refractivity contribution is 0.198. The first-order valence-electron chi connectivity index (χ1n) is 10.5. The fraction of sp³-hybridized carbons (Fsp3) is 0.545. The highest BCUT2D eigenvalue weighted by molar-refractivity contribution is 5.79. The van der Waals surface area contributed by atoms with Crippen LogP contribution in [0.1, 0.15) is 37.1 Å². The van der Waals surface area contributed by atoms with Crippen LogP contribution in [0, 0.1) is 6.92 Å². The van der Waals surface area contributed by atoms with E-state index in [4.69, 9.17) is 0 Å². The third kappa shape index (κ3) is 6.37. The van der Waals surface area contributed by atoms with Crippen molar-refractivity contribution in [1.29, 1.82) is 0 Å². The van der Waals surface area contributed by atoms with Crippen LogP contribution >= 0.6 is 0 Å². The van der Waals surface area contributed by atoms with E-state index in [1.807, 2.05) is 19.4 Å². The van der Waals surface area contributed by atoms with Crippen LogP contribution in [-0.2, 0) is 13.1 Å². The Hall–Kier alpha value is -2.34. The minimum absolute atomic E-state index is 0.506. The van der Waals surface area contributed by atoms with E-state index >= 15 is 0 Å². The Morgan fingerprint density at radius 1 is 1.18 bits per heavy atom. The molecule has 0 bridgehead atoms. The topological polar surface area (TPSA) is 57.5 Å². The van der Waals surface area contributed by atoms with Gasteiger partial charge in [-0.1, -0.05) is 30.3 Å². The van der Waals surface area contributed by atoms with Gasteiger partial charge in [0.2, 0.25) is 0 Å². The van der Waals surface area contributed by atoms with Crippen molar-refractivity contribution in [2.45, 2.75) is 51.7 Å². The van der Waals surface area contributed by atoms with Gasteiger partial charge in [0.25, 0.3) is 0 Å². The van der Waals surface area contributed by atoms with Gasteiger partial charge >= 0.3 is 0 Å². The van der Waals surface area contributed by atoms with Crippen molar-refractivity contribution in [3.8, 4) is 0 Å². The number of hydrogen-bond donors (Lipinski definition) is 2. The first-order valence-corrected chi connectivity index (χ1v) is 10.5. The number of aromatic nitrogens is 2. The van der Waals surface area contributed by atoms with E-state index in [1.54, 1.807) is 0 Å². The summed E-state index contributed by atoms with van der Waals surface area (Å²) in [7, 11) is 1.86. The standard InChI is InChI=1S/C22H34N6/c1-19-24-13-17-28(19)14-7-6-12-25-22(23-2)26-21-10-15-27(16-11-21)18-20-8-4-3-5-9-20/h3-5,8-9,13,17,21H,6-7,10-12,14-16,18H2,1-2H3,(H2,23,25,26). The van der Waals surface area contributed by atoms with Crippen molar-refractivity contribution in [3.63, 3.8) is 0 Å². The molecule has 1 aliphatic heterocycles. The number of nitrogens with one attached hydrogen (secondary N) is 2. The number of aryl methyl sites for hydroxylation is 2. The number of imidazole rings is 1. The fourth-order valence-corrected chi connectivity index (χ4v) is 3.72. The van der Waals surface area contributed by atoms with Crippen molar-refractivity contribution in [3.05, 3.63) is 54.1 Å². The van der Waals surface area contributed by atoms with Crippen molar-refractivity contribution in [1.82, 2.24) is 25.1 Å². The number of benzene rings is 1. The lowest BCUT2D eigenvalue weighted by atomic mass is 10.0. The average Bonchev–Trinajstić information content (AvgIpc) is 3.13. The highest BCUT2D eigenvalue weighted by atomic mass is 15.2. The fourth-order valence-electron chi connectivity index (χ4n) is 3.72. The van der Waals surface area contributed by atoms with Gasteiger partial charge in [0.05, 0.1) is 0 Å². The van der Waals surface area contributed by atoms with E-state index in [0.717, 1.165) is 70.2 Å². The van der Waals surface area contributed by atoms with Crippen LogP contribution in [-0.4, -0.2) is 53.1 Å². The molecular weight excluding hydrogens is 348 g/mol. The van der Waals surface area contributed by atoms with Crippen molar-refractivity contribution in [2.75, 3.05) is 26.7 Å². The molecule has 0 unspecified atom stereocenters. The molecule has 2 aromatic rings. The quantitative estimate of drug-likeness (QED) is 0.419. The van der Waals surface area contributed by atoms with Crippen LogP contribution in [0.4, 0.5) is 0 Å². The van der Waals surface area contributed by atoms with Gasteiger partial charge < -0.3 is 15.2 Å². The highest BCUT2D eigenvalue weighted by Gasteiger charge is 2.19. The molecule has 0 aliphatic carbocycles. The molecule has 28 heavy (non-hydrogen) atoms. The monoisotopic (exact) mass is 382 g/mol.